The molecule has 1 aromatic carbocycles. The van der Waals surface area contributed by atoms with Crippen molar-refractivity contribution in [3.63, 3.8) is 0 Å². The standard InChI is InChI=1S/C21H25N3OS2/c25-14-17-13-24(12-16-5-2-1-3-6-16)9-8-19(17)22-11-18-15-27-21(23-18)20-7-4-10-26-20/h1-7,10,15,17,19,22,25H,8-9,11-14H2/t17-,19+/m0/s1. The molecule has 6 heteroatoms. The van der Waals surface area contributed by atoms with E-state index in [2.05, 4.69) is 63.4 Å². The molecule has 0 aliphatic carbocycles. The van der Waals surface area contributed by atoms with Crippen LogP contribution in [0.2, 0.25) is 0 Å². The molecular formula is C21H25N3OS2. The van der Waals surface area contributed by atoms with E-state index in [1.165, 1.54) is 10.4 Å². The fourth-order valence-electron chi connectivity index (χ4n) is 3.68. The zero-order valence-corrected chi connectivity index (χ0v) is 16.9. The average molecular weight is 400 g/mol. The first-order valence-corrected chi connectivity index (χ1v) is 11.2. The van der Waals surface area contributed by atoms with E-state index in [-0.39, 0.29) is 12.5 Å². The fourth-order valence-corrected chi connectivity index (χ4v) is 5.32. The van der Waals surface area contributed by atoms with Crippen LogP contribution in [0.15, 0.2) is 53.2 Å². The van der Waals surface area contributed by atoms with E-state index in [4.69, 9.17) is 4.98 Å². The predicted octanol–water partition coefficient (Wildman–Crippen LogP) is 3.84. The fraction of sp³-hybridized carbons (Fsp3) is 0.381. The summed E-state index contributed by atoms with van der Waals surface area (Å²) in [5, 5.41) is 18.9. The Morgan fingerprint density at radius 2 is 2.04 bits per heavy atom. The van der Waals surface area contributed by atoms with Gasteiger partial charge in [-0.15, -0.1) is 22.7 Å². The summed E-state index contributed by atoms with van der Waals surface area (Å²) in [7, 11) is 0. The predicted molar refractivity (Wildman–Crippen MR) is 113 cm³/mol. The number of nitrogens with one attached hydrogen (secondary N) is 1. The second-order valence-electron chi connectivity index (χ2n) is 7.06. The summed E-state index contributed by atoms with van der Waals surface area (Å²) in [5.74, 6) is 0.262. The molecule has 1 fully saturated rings. The molecule has 27 heavy (non-hydrogen) atoms. The molecule has 4 rings (SSSR count). The highest BCUT2D eigenvalue weighted by Crippen LogP contribution is 2.28. The highest BCUT2D eigenvalue weighted by Gasteiger charge is 2.28. The minimum absolute atomic E-state index is 0.223. The number of aromatic nitrogens is 1. The van der Waals surface area contributed by atoms with E-state index in [0.717, 1.165) is 43.3 Å². The number of aliphatic hydroxyl groups excluding tert-OH is 1. The molecule has 3 heterocycles. The molecule has 0 amide bonds. The number of thiophene rings is 1. The second-order valence-corrected chi connectivity index (χ2v) is 8.87. The molecular weight excluding hydrogens is 374 g/mol. The lowest BCUT2D eigenvalue weighted by Crippen LogP contribution is -2.50. The van der Waals surface area contributed by atoms with Crippen LogP contribution < -0.4 is 5.32 Å². The maximum atomic E-state index is 9.89. The van der Waals surface area contributed by atoms with Crippen LogP contribution in [0.3, 0.4) is 0 Å². The molecule has 2 atom stereocenters. The Labute approximate surface area is 168 Å². The third-order valence-corrected chi connectivity index (χ3v) is 7.06. The first-order chi connectivity index (χ1) is 13.3. The molecule has 0 saturated carbocycles. The van der Waals surface area contributed by atoms with Gasteiger partial charge < -0.3 is 10.4 Å². The number of aliphatic hydroxyl groups is 1. The smallest absolute Gasteiger partial charge is 0.133 e. The van der Waals surface area contributed by atoms with Crippen LogP contribution in [-0.4, -0.2) is 40.7 Å². The number of nitrogens with zero attached hydrogens (tertiary/aromatic N) is 2. The number of thiazole rings is 1. The first-order valence-electron chi connectivity index (χ1n) is 9.40. The maximum absolute atomic E-state index is 9.89. The van der Waals surface area contributed by atoms with Crippen molar-refractivity contribution in [2.75, 3.05) is 19.7 Å². The topological polar surface area (TPSA) is 48.4 Å². The van der Waals surface area contributed by atoms with Gasteiger partial charge >= 0.3 is 0 Å². The van der Waals surface area contributed by atoms with Crippen molar-refractivity contribution in [1.82, 2.24) is 15.2 Å². The van der Waals surface area contributed by atoms with Gasteiger partial charge in [0, 0.05) is 43.6 Å². The van der Waals surface area contributed by atoms with Crippen LogP contribution in [0, 0.1) is 5.92 Å². The lowest BCUT2D eigenvalue weighted by atomic mass is 9.92. The van der Waals surface area contributed by atoms with Gasteiger partial charge in [0.1, 0.15) is 5.01 Å². The lowest BCUT2D eigenvalue weighted by molar-refractivity contribution is 0.0848. The number of hydrogen-bond acceptors (Lipinski definition) is 6. The van der Waals surface area contributed by atoms with E-state index in [9.17, 15) is 5.11 Å². The van der Waals surface area contributed by atoms with Crippen LogP contribution in [0.4, 0.5) is 0 Å². The molecule has 1 saturated heterocycles. The van der Waals surface area contributed by atoms with Crippen molar-refractivity contribution in [3.8, 4) is 9.88 Å². The quantitative estimate of drug-likeness (QED) is 0.634. The normalized spacial score (nSPS) is 20.8. The number of benzene rings is 1. The number of hydrogen-bond donors (Lipinski definition) is 2. The summed E-state index contributed by atoms with van der Waals surface area (Å²) >= 11 is 3.43. The molecule has 0 bridgehead atoms. The molecule has 3 aromatic rings. The van der Waals surface area contributed by atoms with Crippen LogP contribution in [-0.2, 0) is 13.1 Å². The van der Waals surface area contributed by atoms with E-state index < -0.39 is 0 Å². The maximum Gasteiger partial charge on any atom is 0.133 e. The minimum atomic E-state index is 0.223. The summed E-state index contributed by atoms with van der Waals surface area (Å²) in [6.45, 7) is 3.93. The second kappa shape index (κ2) is 9.08. The van der Waals surface area contributed by atoms with Gasteiger partial charge in [0.05, 0.1) is 10.6 Å². The van der Waals surface area contributed by atoms with Crippen molar-refractivity contribution < 1.29 is 5.11 Å². The first kappa shape index (κ1) is 18.8. The van der Waals surface area contributed by atoms with Gasteiger partial charge in [0.15, 0.2) is 0 Å². The number of piperidine rings is 1. The molecule has 0 unspecified atom stereocenters. The van der Waals surface area contributed by atoms with E-state index >= 15 is 0 Å². The van der Waals surface area contributed by atoms with Gasteiger partial charge in [-0.2, -0.15) is 0 Å². The molecule has 4 nitrogen and oxygen atoms in total. The summed E-state index contributed by atoms with van der Waals surface area (Å²) in [6, 6.07) is 15.1. The monoisotopic (exact) mass is 399 g/mol. The summed E-state index contributed by atoms with van der Waals surface area (Å²) < 4.78 is 0. The minimum Gasteiger partial charge on any atom is -0.396 e. The highest BCUT2D eigenvalue weighted by molar-refractivity contribution is 7.20. The zero-order valence-electron chi connectivity index (χ0n) is 15.3. The third kappa shape index (κ3) is 4.83. The van der Waals surface area contributed by atoms with E-state index in [1.807, 2.05) is 0 Å². The zero-order chi connectivity index (χ0) is 18.5. The Morgan fingerprint density at radius 3 is 2.81 bits per heavy atom. The Hall–Kier alpha value is -1.57. The van der Waals surface area contributed by atoms with Crippen LogP contribution >= 0.6 is 22.7 Å². The van der Waals surface area contributed by atoms with Gasteiger partial charge in [-0.05, 0) is 30.0 Å². The van der Waals surface area contributed by atoms with Crippen molar-refractivity contribution in [2.24, 2.45) is 5.92 Å². The molecule has 1 aliphatic heterocycles. The van der Waals surface area contributed by atoms with Gasteiger partial charge in [-0.3, -0.25) is 4.90 Å². The van der Waals surface area contributed by atoms with Crippen molar-refractivity contribution in [2.45, 2.75) is 25.6 Å². The van der Waals surface area contributed by atoms with E-state index in [0.29, 0.717) is 6.04 Å². The third-order valence-electron chi connectivity index (χ3n) is 5.13. The van der Waals surface area contributed by atoms with Gasteiger partial charge in [-0.1, -0.05) is 36.4 Å². The molecule has 1 aliphatic rings. The van der Waals surface area contributed by atoms with Gasteiger partial charge in [0.2, 0.25) is 0 Å². The van der Waals surface area contributed by atoms with Crippen LogP contribution in [0.5, 0.6) is 0 Å². The summed E-state index contributed by atoms with van der Waals surface area (Å²) in [5.41, 5.74) is 2.43. The Bertz CT molecular complexity index is 819. The van der Waals surface area contributed by atoms with Gasteiger partial charge in [0.25, 0.3) is 0 Å². The van der Waals surface area contributed by atoms with Crippen molar-refractivity contribution in [3.05, 3.63) is 64.5 Å². The number of rotatable bonds is 7. The molecule has 2 N–H and O–H groups in total. The molecule has 2 aromatic heterocycles. The average Bonchev–Trinajstić information content (AvgIpc) is 3.39. The SMILES string of the molecule is OC[C@@H]1CN(Cc2ccccc2)CC[C@H]1NCc1csc(-c2cccs2)n1. The molecule has 142 valence electrons. The van der Waals surface area contributed by atoms with Gasteiger partial charge in [-0.25, -0.2) is 4.98 Å². The molecule has 0 radical (unpaired) electrons. The molecule has 0 spiro atoms. The highest BCUT2D eigenvalue weighted by atomic mass is 32.1. The van der Waals surface area contributed by atoms with E-state index in [1.54, 1.807) is 22.7 Å². The van der Waals surface area contributed by atoms with Crippen molar-refractivity contribution >= 4 is 22.7 Å². The Morgan fingerprint density at radius 1 is 1.15 bits per heavy atom. The lowest BCUT2D eigenvalue weighted by Gasteiger charge is -2.38. The Balaban J connectivity index is 1.30. The van der Waals surface area contributed by atoms with Crippen molar-refractivity contribution in [1.29, 1.82) is 0 Å². The number of likely N-dealkylation sites (tertiary alicyclic amines) is 1. The summed E-state index contributed by atoms with van der Waals surface area (Å²) in [4.78, 5) is 8.43. The van der Waals surface area contributed by atoms with Crippen LogP contribution in [0.1, 0.15) is 17.7 Å². The van der Waals surface area contributed by atoms with Crippen LogP contribution in [0.25, 0.3) is 9.88 Å². The largest absolute Gasteiger partial charge is 0.396 e. The summed E-state index contributed by atoms with van der Waals surface area (Å²) in [6.07, 6.45) is 1.06. The Kier molecular flexibility index (Phi) is 6.32.